The topological polar surface area (TPSA) is 23.8 Å². The summed E-state index contributed by atoms with van der Waals surface area (Å²) in [6.07, 6.45) is 3.47. The molecule has 1 saturated carbocycles. The zero-order valence-corrected chi connectivity index (χ0v) is 7.72. The van der Waals surface area contributed by atoms with Gasteiger partial charge in [-0.25, -0.2) is 0 Å². The van der Waals surface area contributed by atoms with Crippen LogP contribution in [0.15, 0.2) is 0 Å². The van der Waals surface area contributed by atoms with Crippen LogP contribution in [-0.2, 0) is 0 Å². The maximum Gasteiger partial charge on any atom is 0.0686 e. The van der Waals surface area contributed by atoms with E-state index in [9.17, 15) is 0 Å². The van der Waals surface area contributed by atoms with E-state index in [1.54, 1.807) is 0 Å². The summed E-state index contributed by atoms with van der Waals surface area (Å²) in [5.74, 6) is 1.55. The Morgan fingerprint density at radius 1 is 1.55 bits per heavy atom. The van der Waals surface area contributed by atoms with E-state index >= 15 is 0 Å². The monoisotopic (exact) mass is 151 g/mol. The molecule has 0 aliphatic heterocycles. The number of nitrogens with zero attached hydrogens (tertiary/aromatic N) is 1. The smallest absolute Gasteiger partial charge is 0.0686 e. The lowest BCUT2D eigenvalue weighted by molar-refractivity contribution is 0.357. The summed E-state index contributed by atoms with van der Waals surface area (Å²) in [5.41, 5.74) is -0.00502. The van der Waals surface area contributed by atoms with Gasteiger partial charge in [0.25, 0.3) is 0 Å². The summed E-state index contributed by atoms with van der Waals surface area (Å²) in [6, 6.07) is 2.43. The van der Waals surface area contributed by atoms with Crippen molar-refractivity contribution in [2.45, 2.75) is 40.0 Å². The molecule has 0 saturated heterocycles. The summed E-state index contributed by atoms with van der Waals surface area (Å²) in [4.78, 5) is 0. The SMILES string of the molecule is CC(C)[C@@H]1CC[C@](C)(C#N)C1. The van der Waals surface area contributed by atoms with E-state index in [1.165, 1.54) is 6.42 Å². The van der Waals surface area contributed by atoms with Crippen LogP contribution in [0.3, 0.4) is 0 Å². The van der Waals surface area contributed by atoms with Gasteiger partial charge in [0.05, 0.1) is 11.5 Å². The molecule has 1 nitrogen and oxygen atoms in total. The maximum absolute atomic E-state index is 8.87. The molecule has 2 atom stereocenters. The van der Waals surface area contributed by atoms with Crippen molar-refractivity contribution in [1.29, 1.82) is 5.26 Å². The van der Waals surface area contributed by atoms with E-state index in [0.29, 0.717) is 0 Å². The molecule has 0 aromatic carbocycles. The number of rotatable bonds is 1. The quantitative estimate of drug-likeness (QED) is 0.565. The van der Waals surface area contributed by atoms with Crippen LogP contribution in [-0.4, -0.2) is 0 Å². The molecule has 0 spiro atoms. The normalized spacial score (nSPS) is 37.5. The highest BCUT2D eigenvalue weighted by Gasteiger charge is 2.36. The zero-order chi connectivity index (χ0) is 8.48. The van der Waals surface area contributed by atoms with Gasteiger partial charge in [0, 0.05) is 0 Å². The van der Waals surface area contributed by atoms with Crippen LogP contribution in [0.5, 0.6) is 0 Å². The summed E-state index contributed by atoms with van der Waals surface area (Å²) < 4.78 is 0. The molecule has 1 rings (SSSR count). The molecule has 1 aliphatic carbocycles. The van der Waals surface area contributed by atoms with Gasteiger partial charge >= 0.3 is 0 Å². The molecule has 1 fully saturated rings. The van der Waals surface area contributed by atoms with Gasteiger partial charge in [-0.15, -0.1) is 0 Å². The predicted octanol–water partition coefficient (Wildman–Crippen LogP) is 2.97. The van der Waals surface area contributed by atoms with Crippen molar-refractivity contribution < 1.29 is 0 Å². The minimum absolute atomic E-state index is 0.00502. The highest BCUT2D eigenvalue weighted by Crippen LogP contribution is 2.43. The Labute approximate surface area is 69.4 Å². The Morgan fingerprint density at radius 3 is 2.45 bits per heavy atom. The fourth-order valence-electron chi connectivity index (χ4n) is 1.96. The molecule has 0 aromatic heterocycles. The minimum Gasteiger partial charge on any atom is -0.198 e. The second kappa shape index (κ2) is 2.85. The van der Waals surface area contributed by atoms with Crippen molar-refractivity contribution in [3.63, 3.8) is 0 Å². The van der Waals surface area contributed by atoms with E-state index in [2.05, 4.69) is 26.8 Å². The average Bonchev–Trinajstić information content (AvgIpc) is 2.33. The molecule has 0 unspecified atom stereocenters. The minimum atomic E-state index is -0.00502. The molecule has 0 amide bonds. The van der Waals surface area contributed by atoms with E-state index in [0.717, 1.165) is 24.7 Å². The number of nitriles is 1. The Bertz CT molecular complexity index is 178. The highest BCUT2D eigenvalue weighted by molar-refractivity contribution is 5.01. The van der Waals surface area contributed by atoms with Gasteiger partial charge in [-0.2, -0.15) is 5.26 Å². The standard InChI is InChI=1S/C10H17N/c1-8(2)9-4-5-10(3,6-9)7-11/h8-9H,4-6H2,1-3H3/t9-,10+/m1/s1. The first kappa shape index (κ1) is 8.59. The van der Waals surface area contributed by atoms with Gasteiger partial charge in [0.1, 0.15) is 0 Å². The van der Waals surface area contributed by atoms with Gasteiger partial charge in [-0.05, 0) is 38.0 Å². The second-order valence-corrected chi connectivity index (χ2v) is 4.42. The lowest BCUT2D eigenvalue weighted by Gasteiger charge is -2.16. The van der Waals surface area contributed by atoms with Crippen LogP contribution >= 0.6 is 0 Å². The van der Waals surface area contributed by atoms with Crippen molar-refractivity contribution in [2.24, 2.45) is 17.3 Å². The average molecular weight is 151 g/mol. The molecular formula is C10H17N. The third-order valence-corrected chi connectivity index (χ3v) is 2.99. The highest BCUT2D eigenvalue weighted by atomic mass is 14.4. The largest absolute Gasteiger partial charge is 0.198 e. The zero-order valence-electron chi connectivity index (χ0n) is 7.72. The molecule has 0 heterocycles. The Balaban J connectivity index is 2.55. The van der Waals surface area contributed by atoms with Crippen molar-refractivity contribution in [1.82, 2.24) is 0 Å². The molecule has 11 heavy (non-hydrogen) atoms. The van der Waals surface area contributed by atoms with Crippen LogP contribution in [0, 0.1) is 28.6 Å². The number of hydrogen-bond acceptors (Lipinski definition) is 1. The maximum atomic E-state index is 8.87. The van der Waals surface area contributed by atoms with Gasteiger partial charge in [0.2, 0.25) is 0 Å². The van der Waals surface area contributed by atoms with Crippen LogP contribution < -0.4 is 0 Å². The van der Waals surface area contributed by atoms with Crippen LogP contribution in [0.25, 0.3) is 0 Å². The van der Waals surface area contributed by atoms with Crippen molar-refractivity contribution in [2.75, 3.05) is 0 Å². The molecule has 0 aromatic rings. The van der Waals surface area contributed by atoms with Crippen molar-refractivity contribution in [3.8, 4) is 6.07 Å². The fraction of sp³-hybridized carbons (Fsp3) is 0.900. The first-order valence-electron chi connectivity index (χ1n) is 4.49. The lowest BCUT2D eigenvalue weighted by atomic mass is 9.87. The lowest BCUT2D eigenvalue weighted by Crippen LogP contribution is -2.10. The second-order valence-electron chi connectivity index (χ2n) is 4.42. The molecule has 0 N–H and O–H groups in total. The van der Waals surface area contributed by atoms with Gasteiger partial charge < -0.3 is 0 Å². The molecule has 0 bridgehead atoms. The third kappa shape index (κ3) is 1.74. The summed E-state index contributed by atoms with van der Waals surface area (Å²) in [5, 5.41) is 8.87. The third-order valence-electron chi connectivity index (χ3n) is 2.99. The molecule has 62 valence electrons. The first-order chi connectivity index (χ1) is 5.07. The predicted molar refractivity (Wildman–Crippen MR) is 45.9 cm³/mol. The number of hydrogen-bond donors (Lipinski definition) is 0. The Hall–Kier alpha value is -0.510. The van der Waals surface area contributed by atoms with Crippen LogP contribution in [0.2, 0.25) is 0 Å². The summed E-state index contributed by atoms with van der Waals surface area (Å²) >= 11 is 0. The molecular weight excluding hydrogens is 134 g/mol. The first-order valence-corrected chi connectivity index (χ1v) is 4.49. The van der Waals surface area contributed by atoms with E-state index in [4.69, 9.17) is 5.26 Å². The Kier molecular flexibility index (Phi) is 2.23. The molecule has 1 aliphatic rings. The van der Waals surface area contributed by atoms with E-state index < -0.39 is 0 Å². The van der Waals surface area contributed by atoms with Crippen molar-refractivity contribution >= 4 is 0 Å². The summed E-state index contributed by atoms with van der Waals surface area (Å²) in [7, 11) is 0. The Morgan fingerprint density at radius 2 is 2.18 bits per heavy atom. The van der Waals surface area contributed by atoms with E-state index in [-0.39, 0.29) is 5.41 Å². The van der Waals surface area contributed by atoms with Crippen molar-refractivity contribution in [3.05, 3.63) is 0 Å². The van der Waals surface area contributed by atoms with Crippen LogP contribution in [0.1, 0.15) is 40.0 Å². The van der Waals surface area contributed by atoms with Gasteiger partial charge in [0.15, 0.2) is 0 Å². The van der Waals surface area contributed by atoms with Crippen LogP contribution in [0.4, 0.5) is 0 Å². The fourth-order valence-corrected chi connectivity index (χ4v) is 1.96. The van der Waals surface area contributed by atoms with Gasteiger partial charge in [-0.1, -0.05) is 13.8 Å². The van der Waals surface area contributed by atoms with Gasteiger partial charge in [-0.3, -0.25) is 0 Å². The molecule has 1 heteroatoms. The summed E-state index contributed by atoms with van der Waals surface area (Å²) in [6.45, 7) is 6.61. The van der Waals surface area contributed by atoms with E-state index in [1.807, 2.05) is 0 Å². The molecule has 0 radical (unpaired) electrons.